The van der Waals surface area contributed by atoms with Crippen molar-refractivity contribution >= 4 is 22.3 Å². The van der Waals surface area contributed by atoms with Crippen molar-refractivity contribution in [2.24, 2.45) is 0 Å². The Bertz CT molecular complexity index is 1020. The van der Waals surface area contributed by atoms with Gasteiger partial charge in [-0.2, -0.15) is 5.10 Å². The van der Waals surface area contributed by atoms with E-state index in [1.807, 2.05) is 0 Å². The van der Waals surface area contributed by atoms with E-state index in [2.05, 4.69) is 10.4 Å². The van der Waals surface area contributed by atoms with Gasteiger partial charge in [0.15, 0.2) is 0 Å². The molecule has 1 N–H and O–H groups in total. The number of halogens is 1. The normalized spacial score (nSPS) is 16.0. The predicted molar refractivity (Wildman–Crippen MR) is 96.5 cm³/mol. The molecule has 7 heteroatoms. The van der Waals surface area contributed by atoms with Crippen LogP contribution in [0.3, 0.4) is 0 Å². The van der Waals surface area contributed by atoms with Crippen molar-refractivity contribution in [1.82, 2.24) is 19.5 Å². The third kappa shape index (κ3) is 3.21. The van der Waals surface area contributed by atoms with Crippen LogP contribution < -0.4 is 10.9 Å². The number of nitrogens with one attached hydrogen (secondary N) is 1. The third-order valence-electron chi connectivity index (χ3n) is 5.07. The summed E-state index contributed by atoms with van der Waals surface area (Å²) < 4.78 is 16.2. The van der Waals surface area contributed by atoms with E-state index in [1.54, 1.807) is 16.5 Å². The van der Waals surface area contributed by atoms with Crippen LogP contribution in [0.5, 0.6) is 0 Å². The maximum atomic E-state index is 13.4. The second-order valence-corrected chi connectivity index (χ2v) is 6.95. The van der Waals surface area contributed by atoms with E-state index in [-0.39, 0.29) is 29.9 Å². The Balaban J connectivity index is 1.58. The molecule has 26 heavy (non-hydrogen) atoms. The zero-order valence-electron chi connectivity index (χ0n) is 14.4. The first-order valence-electron chi connectivity index (χ1n) is 9.07. The molecule has 1 amide bonds. The molecule has 1 aliphatic rings. The second-order valence-electron chi connectivity index (χ2n) is 6.95. The molecule has 6 nitrogen and oxygen atoms in total. The van der Waals surface area contributed by atoms with Crippen LogP contribution in [0, 0.1) is 5.82 Å². The van der Waals surface area contributed by atoms with Gasteiger partial charge in [-0.15, -0.1) is 0 Å². The number of carbonyl (C=O) groups is 1. The summed E-state index contributed by atoms with van der Waals surface area (Å²) in [4.78, 5) is 25.0. The van der Waals surface area contributed by atoms with Crippen LogP contribution in [0.4, 0.5) is 4.39 Å². The van der Waals surface area contributed by atoms with Crippen LogP contribution in [0.1, 0.15) is 38.5 Å². The highest BCUT2D eigenvalue weighted by Crippen LogP contribution is 2.19. The largest absolute Gasteiger partial charge is 0.352 e. The number of amides is 1. The van der Waals surface area contributed by atoms with Crippen molar-refractivity contribution in [3.8, 4) is 0 Å². The minimum atomic E-state index is -0.361. The van der Waals surface area contributed by atoms with E-state index in [4.69, 9.17) is 0 Å². The quantitative estimate of drug-likeness (QED) is 0.734. The van der Waals surface area contributed by atoms with E-state index in [9.17, 15) is 14.0 Å². The highest BCUT2D eigenvalue weighted by molar-refractivity contribution is 5.86. The van der Waals surface area contributed by atoms with E-state index in [1.165, 1.54) is 31.3 Å². The smallest absolute Gasteiger partial charge is 0.291 e. The Labute approximate surface area is 149 Å². The topological polar surface area (TPSA) is 68.4 Å². The molecule has 0 aliphatic heterocycles. The molecule has 1 saturated carbocycles. The number of fused-ring (bicyclic) bond motifs is 3. The number of carbonyl (C=O) groups excluding carboxylic acids is 1. The van der Waals surface area contributed by atoms with Crippen molar-refractivity contribution < 1.29 is 9.18 Å². The number of rotatable bonds is 3. The molecular formula is C19H21FN4O2. The van der Waals surface area contributed by atoms with Gasteiger partial charge in [0, 0.05) is 11.4 Å². The summed E-state index contributed by atoms with van der Waals surface area (Å²) in [5, 5.41) is 7.77. The van der Waals surface area contributed by atoms with E-state index >= 15 is 0 Å². The highest BCUT2D eigenvalue weighted by atomic mass is 19.1. The summed E-state index contributed by atoms with van der Waals surface area (Å²) >= 11 is 0. The van der Waals surface area contributed by atoms with E-state index in [0.717, 1.165) is 30.4 Å². The first kappa shape index (κ1) is 16.8. The Kier molecular flexibility index (Phi) is 4.44. The maximum Gasteiger partial charge on any atom is 0.291 e. The van der Waals surface area contributed by atoms with Gasteiger partial charge in [0.25, 0.3) is 5.56 Å². The third-order valence-corrected chi connectivity index (χ3v) is 5.07. The lowest BCUT2D eigenvalue weighted by atomic mass is 10.1. The molecule has 4 rings (SSSR count). The fraction of sp³-hybridized carbons (Fsp3) is 0.421. The minimum absolute atomic E-state index is 0.109. The molecule has 1 aliphatic carbocycles. The predicted octanol–water partition coefficient (Wildman–Crippen LogP) is 2.63. The molecule has 0 spiro atoms. The fourth-order valence-corrected chi connectivity index (χ4v) is 3.74. The Hall–Kier alpha value is -2.70. The van der Waals surface area contributed by atoms with Crippen LogP contribution >= 0.6 is 0 Å². The summed E-state index contributed by atoms with van der Waals surface area (Å²) in [6, 6.07) is 6.15. The summed E-state index contributed by atoms with van der Waals surface area (Å²) in [5.41, 5.74) is 0.726. The maximum absolute atomic E-state index is 13.4. The van der Waals surface area contributed by atoms with Gasteiger partial charge in [0.2, 0.25) is 5.91 Å². The number of benzene rings is 1. The number of hydrogen-bond donors (Lipinski definition) is 1. The number of hydrogen-bond acceptors (Lipinski definition) is 3. The Morgan fingerprint density at radius 1 is 1.15 bits per heavy atom. The SMILES string of the molecule is O=C(Cn1ncn2c(cc3cc(F)ccc32)c1=O)NC1CCCCCC1. The van der Waals surface area contributed by atoms with Crippen molar-refractivity contribution in [3.63, 3.8) is 0 Å². The van der Waals surface area contributed by atoms with Gasteiger partial charge < -0.3 is 5.32 Å². The van der Waals surface area contributed by atoms with Gasteiger partial charge >= 0.3 is 0 Å². The minimum Gasteiger partial charge on any atom is -0.352 e. The standard InChI is InChI=1S/C19H21FN4O2/c20-14-7-8-16-13(9-14)10-17-19(26)24(21-12-23(16)17)11-18(25)22-15-5-3-1-2-4-6-15/h7-10,12,15H,1-6,11H2,(H,22,25). The molecule has 2 aromatic heterocycles. The molecule has 0 unspecified atom stereocenters. The average Bonchev–Trinajstić information content (AvgIpc) is 2.78. The first-order chi connectivity index (χ1) is 12.6. The Morgan fingerprint density at radius 2 is 1.92 bits per heavy atom. The summed E-state index contributed by atoms with van der Waals surface area (Å²) in [6.45, 7) is -0.109. The van der Waals surface area contributed by atoms with Crippen molar-refractivity contribution in [2.75, 3.05) is 0 Å². The van der Waals surface area contributed by atoms with Crippen LogP contribution in [0.15, 0.2) is 35.4 Å². The monoisotopic (exact) mass is 356 g/mol. The van der Waals surface area contributed by atoms with Crippen LogP contribution in [0.2, 0.25) is 0 Å². The molecule has 0 bridgehead atoms. The molecule has 1 fully saturated rings. The summed E-state index contributed by atoms with van der Waals surface area (Å²) in [7, 11) is 0. The molecule has 0 radical (unpaired) electrons. The molecule has 3 aromatic rings. The Morgan fingerprint density at radius 3 is 2.69 bits per heavy atom. The van der Waals surface area contributed by atoms with Crippen molar-refractivity contribution in [1.29, 1.82) is 0 Å². The van der Waals surface area contributed by atoms with Gasteiger partial charge in [0.1, 0.15) is 24.2 Å². The van der Waals surface area contributed by atoms with Crippen LogP contribution in [0.25, 0.3) is 16.4 Å². The van der Waals surface area contributed by atoms with Crippen LogP contribution in [-0.4, -0.2) is 26.1 Å². The zero-order valence-corrected chi connectivity index (χ0v) is 14.4. The molecule has 2 heterocycles. The first-order valence-corrected chi connectivity index (χ1v) is 9.07. The van der Waals surface area contributed by atoms with E-state index in [0.29, 0.717) is 16.4 Å². The van der Waals surface area contributed by atoms with Gasteiger partial charge in [-0.25, -0.2) is 9.07 Å². The summed E-state index contributed by atoms with van der Waals surface area (Å²) in [6.07, 6.45) is 8.16. The molecule has 0 atom stereocenters. The van der Waals surface area contributed by atoms with Gasteiger partial charge in [-0.3, -0.25) is 14.0 Å². The van der Waals surface area contributed by atoms with Crippen LogP contribution in [-0.2, 0) is 11.3 Å². The average molecular weight is 356 g/mol. The fourth-order valence-electron chi connectivity index (χ4n) is 3.74. The number of nitrogens with zero attached hydrogens (tertiary/aromatic N) is 3. The molecular weight excluding hydrogens is 335 g/mol. The summed E-state index contributed by atoms with van der Waals surface area (Å²) in [5.74, 6) is -0.553. The molecule has 1 aromatic carbocycles. The van der Waals surface area contributed by atoms with E-state index < -0.39 is 0 Å². The van der Waals surface area contributed by atoms with Crippen molar-refractivity contribution in [3.05, 3.63) is 46.8 Å². The van der Waals surface area contributed by atoms with Gasteiger partial charge in [-0.1, -0.05) is 25.7 Å². The van der Waals surface area contributed by atoms with Gasteiger partial charge in [0.05, 0.1) is 5.52 Å². The lowest BCUT2D eigenvalue weighted by molar-refractivity contribution is -0.122. The zero-order chi connectivity index (χ0) is 18.1. The second kappa shape index (κ2) is 6.90. The lowest BCUT2D eigenvalue weighted by Crippen LogP contribution is -2.39. The number of aromatic nitrogens is 3. The molecule has 136 valence electrons. The van der Waals surface area contributed by atoms with Gasteiger partial charge in [-0.05, 0) is 37.1 Å². The molecule has 0 saturated heterocycles. The van der Waals surface area contributed by atoms with Crippen molar-refractivity contribution in [2.45, 2.75) is 51.1 Å². The highest BCUT2D eigenvalue weighted by Gasteiger charge is 2.16. The lowest BCUT2D eigenvalue weighted by Gasteiger charge is -2.16.